The number of pyridine rings is 1. The number of hydrogen-bond acceptors (Lipinski definition) is 4. The van der Waals surface area contributed by atoms with Crippen molar-refractivity contribution >= 4 is 15.8 Å². The van der Waals surface area contributed by atoms with Gasteiger partial charge in [0.05, 0.1) is 5.25 Å². The molecule has 0 spiro atoms. The summed E-state index contributed by atoms with van der Waals surface area (Å²) in [5, 5.41) is -0.0925. The van der Waals surface area contributed by atoms with E-state index in [1.165, 1.54) is 0 Å². The fourth-order valence-corrected chi connectivity index (χ4v) is 5.73. The quantitative estimate of drug-likeness (QED) is 0.841. The van der Waals surface area contributed by atoms with Crippen molar-refractivity contribution in [1.82, 2.24) is 9.29 Å². The summed E-state index contributed by atoms with van der Waals surface area (Å²) in [7, 11) is -3.04. The Bertz CT molecular complexity index is 600. The van der Waals surface area contributed by atoms with Crippen LogP contribution in [0.2, 0.25) is 0 Å². The van der Waals surface area contributed by atoms with Crippen molar-refractivity contribution in [2.75, 3.05) is 18.0 Å². The Morgan fingerprint density at radius 3 is 2.55 bits per heavy atom. The summed E-state index contributed by atoms with van der Waals surface area (Å²) in [4.78, 5) is 6.70. The van der Waals surface area contributed by atoms with Gasteiger partial charge in [0.25, 0.3) is 0 Å². The summed E-state index contributed by atoms with van der Waals surface area (Å²) in [6.07, 6.45) is 5.34. The van der Waals surface area contributed by atoms with Crippen molar-refractivity contribution in [2.45, 2.75) is 43.0 Å². The second-order valence-corrected chi connectivity index (χ2v) is 8.11. The summed E-state index contributed by atoms with van der Waals surface area (Å²) < 4.78 is 26.7. The zero-order chi connectivity index (χ0) is 13.7. The van der Waals surface area contributed by atoms with Gasteiger partial charge in [-0.25, -0.2) is 13.4 Å². The van der Waals surface area contributed by atoms with Gasteiger partial charge in [-0.3, -0.25) is 0 Å². The van der Waals surface area contributed by atoms with Crippen LogP contribution in [-0.4, -0.2) is 48.1 Å². The molecule has 2 aliphatic heterocycles. The van der Waals surface area contributed by atoms with Crippen LogP contribution in [0.15, 0.2) is 24.4 Å². The molecule has 3 fully saturated rings. The Hall–Kier alpha value is -1.14. The molecule has 0 unspecified atom stereocenters. The average molecular weight is 293 g/mol. The van der Waals surface area contributed by atoms with Crippen LogP contribution < -0.4 is 4.90 Å². The first-order valence-electron chi connectivity index (χ1n) is 7.36. The van der Waals surface area contributed by atoms with Gasteiger partial charge < -0.3 is 4.90 Å². The van der Waals surface area contributed by atoms with E-state index >= 15 is 0 Å². The molecule has 5 nitrogen and oxygen atoms in total. The van der Waals surface area contributed by atoms with Crippen LogP contribution in [0.1, 0.15) is 25.7 Å². The molecule has 0 N–H and O–H groups in total. The summed E-state index contributed by atoms with van der Waals surface area (Å²) >= 11 is 0. The largest absolute Gasteiger partial charge is 0.352 e. The summed E-state index contributed by atoms with van der Waals surface area (Å²) in [6, 6.07) is 6.38. The first kappa shape index (κ1) is 12.6. The van der Waals surface area contributed by atoms with E-state index in [4.69, 9.17) is 0 Å². The van der Waals surface area contributed by atoms with Crippen molar-refractivity contribution < 1.29 is 8.42 Å². The van der Waals surface area contributed by atoms with Gasteiger partial charge in [0.1, 0.15) is 5.82 Å². The zero-order valence-corrected chi connectivity index (χ0v) is 12.2. The van der Waals surface area contributed by atoms with E-state index in [-0.39, 0.29) is 11.3 Å². The standard InChI is InChI=1S/C14H19N3O2S/c18-20(19,11-4-5-11)17-10-7-12-13(17)6-9-16(12)14-3-1-2-8-15-14/h1-3,8,11-13H,4-7,9-10H2/t12-,13+/m1/s1. The summed E-state index contributed by atoms with van der Waals surface area (Å²) in [5.74, 6) is 0.977. The minimum Gasteiger partial charge on any atom is -0.352 e. The van der Waals surface area contributed by atoms with Crippen LogP contribution in [0.25, 0.3) is 0 Å². The third kappa shape index (κ3) is 1.85. The Morgan fingerprint density at radius 2 is 1.85 bits per heavy atom. The lowest BCUT2D eigenvalue weighted by Crippen LogP contribution is -2.41. The zero-order valence-electron chi connectivity index (χ0n) is 11.4. The smallest absolute Gasteiger partial charge is 0.217 e. The molecule has 2 saturated heterocycles. The number of anilines is 1. The lowest BCUT2D eigenvalue weighted by atomic mass is 10.1. The topological polar surface area (TPSA) is 53.5 Å². The second-order valence-electron chi connectivity index (χ2n) is 5.95. The van der Waals surface area contributed by atoms with Gasteiger partial charge in [0.15, 0.2) is 0 Å². The second kappa shape index (κ2) is 4.43. The maximum Gasteiger partial charge on any atom is 0.217 e. The molecule has 3 heterocycles. The van der Waals surface area contributed by atoms with Crippen LogP contribution in [0.3, 0.4) is 0 Å². The molecule has 1 saturated carbocycles. The third-order valence-corrected chi connectivity index (χ3v) is 7.16. The molecular formula is C14H19N3O2S. The highest BCUT2D eigenvalue weighted by molar-refractivity contribution is 7.90. The first-order valence-corrected chi connectivity index (χ1v) is 8.86. The number of nitrogens with zero attached hydrogens (tertiary/aromatic N) is 3. The fraction of sp³-hybridized carbons (Fsp3) is 0.643. The Balaban J connectivity index is 1.58. The number of aromatic nitrogens is 1. The summed E-state index contributed by atoms with van der Waals surface area (Å²) in [6.45, 7) is 1.58. The van der Waals surface area contributed by atoms with Crippen LogP contribution in [0, 0.1) is 0 Å². The number of hydrogen-bond donors (Lipinski definition) is 0. The van der Waals surface area contributed by atoms with E-state index < -0.39 is 10.0 Å². The molecule has 20 heavy (non-hydrogen) atoms. The van der Waals surface area contributed by atoms with E-state index in [1.807, 2.05) is 18.2 Å². The average Bonchev–Trinajstić information content (AvgIpc) is 3.11. The van der Waals surface area contributed by atoms with Crippen molar-refractivity contribution in [3.8, 4) is 0 Å². The Morgan fingerprint density at radius 1 is 1.05 bits per heavy atom. The molecule has 0 radical (unpaired) electrons. The van der Waals surface area contributed by atoms with Gasteiger partial charge in [-0.1, -0.05) is 6.07 Å². The molecule has 2 atom stereocenters. The Labute approximate surface area is 119 Å². The summed E-state index contributed by atoms with van der Waals surface area (Å²) in [5.41, 5.74) is 0. The van der Waals surface area contributed by atoms with Gasteiger partial charge >= 0.3 is 0 Å². The molecule has 1 aliphatic carbocycles. The highest BCUT2D eigenvalue weighted by atomic mass is 32.2. The van der Waals surface area contributed by atoms with Crippen LogP contribution in [0.5, 0.6) is 0 Å². The Kier molecular flexibility index (Phi) is 2.79. The molecule has 4 rings (SSSR count). The van der Waals surface area contributed by atoms with Gasteiger partial charge in [-0.15, -0.1) is 0 Å². The van der Waals surface area contributed by atoms with Crippen molar-refractivity contribution in [3.05, 3.63) is 24.4 Å². The molecule has 0 aromatic carbocycles. The number of sulfonamides is 1. The van der Waals surface area contributed by atoms with Gasteiger partial charge in [0.2, 0.25) is 10.0 Å². The van der Waals surface area contributed by atoms with Gasteiger partial charge in [-0.05, 0) is 37.8 Å². The van der Waals surface area contributed by atoms with Gasteiger partial charge in [-0.2, -0.15) is 4.31 Å². The van der Waals surface area contributed by atoms with Crippen molar-refractivity contribution in [1.29, 1.82) is 0 Å². The fourth-order valence-electron chi connectivity index (χ4n) is 3.63. The molecule has 6 heteroatoms. The number of fused-ring (bicyclic) bond motifs is 1. The maximum atomic E-state index is 12.5. The van der Waals surface area contributed by atoms with Crippen LogP contribution in [-0.2, 0) is 10.0 Å². The number of rotatable bonds is 3. The molecular weight excluding hydrogens is 274 g/mol. The van der Waals surface area contributed by atoms with E-state index in [0.717, 1.165) is 38.0 Å². The molecule has 3 aliphatic rings. The predicted molar refractivity (Wildman–Crippen MR) is 77.0 cm³/mol. The molecule has 108 valence electrons. The highest BCUT2D eigenvalue weighted by Gasteiger charge is 2.51. The minimum atomic E-state index is -3.04. The molecule has 1 aromatic rings. The van der Waals surface area contributed by atoms with E-state index in [2.05, 4.69) is 9.88 Å². The van der Waals surface area contributed by atoms with E-state index in [9.17, 15) is 8.42 Å². The van der Waals surface area contributed by atoms with Crippen molar-refractivity contribution in [2.24, 2.45) is 0 Å². The maximum absolute atomic E-state index is 12.5. The van der Waals surface area contributed by atoms with E-state index in [0.29, 0.717) is 12.6 Å². The van der Waals surface area contributed by atoms with E-state index in [1.54, 1.807) is 10.5 Å². The SMILES string of the molecule is O=S(=O)(C1CC1)N1CC[C@@H]2[C@@H]1CCN2c1ccccn1. The lowest BCUT2D eigenvalue weighted by molar-refractivity contribution is 0.387. The molecule has 0 amide bonds. The minimum absolute atomic E-state index is 0.0925. The third-order valence-electron chi connectivity index (χ3n) is 4.74. The lowest BCUT2D eigenvalue weighted by Gasteiger charge is -2.26. The molecule has 0 bridgehead atoms. The highest BCUT2D eigenvalue weighted by Crippen LogP contribution is 2.40. The normalized spacial score (nSPS) is 30.7. The van der Waals surface area contributed by atoms with Crippen LogP contribution in [0.4, 0.5) is 5.82 Å². The van der Waals surface area contributed by atoms with Gasteiger partial charge in [0, 0.05) is 31.4 Å². The first-order chi connectivity index (χ1) is 9.68. The molecule has 1 aromatic heterocycles. The van der Waals surface area contributed by atoms with Crippen molar-refractivity contribution in [3.63, 3.8) is 0 Å². The van der Waals surface area contributed by atoms with Crippen LogP contribution >= 0.6 is 0 Å². The monoisotopic (exact) mass is 293 g/mol. The predicted octanol–water partition coefficient (Wildman–Crippen LogP) is 1.23.